The molecule has 2 heterocycles. The van der Waals surface area contributed by atoms with Gasteiger partial charge in [-0.3, -0.25) is 0 Å². The molecule has 17 heavy (non-hydrogen) atoms. The van der Waals surface area contributed by atoms with Crippen molar-refractivity contribution >= 4 is 11.5 Å². The summed E-state index contributed by atoms with van der Waals surface area (Å²) < 4.78 is 0. The molecule has 1 aromatic heterocycles. The molecule has 0 aliphatic carbocycles. The van der Waals surface area contributed by atoms with E-state index in [0.29, 0.717) is 5.92 Å². The predicted octanol–water partition coefficient (Wildman–Crippen LogP) is 1.73. The molecule has 4 heteroatoms. The Morgan fingerprint density at radius 3 is 3.12 bits per heavy atom. The summed E-state index contributed by atoms with van der Waals surface area (Å²) in [6, 6.07) is 1.96. The van der Waals surface area contributed by atoms with Gasteiger partial charge in [-0.15, -0.1) is 0 Å². The first-order chi connectivity index (χ1) is 8.15. The molecule has 0 spiro atoms. The zero-order valence-corrected chi connectivity index (χ0v) is 10.7. The van der Waals surface area contributed by atoms with E-state index in [4.69, 9.17) is 5.73 Å². The zero-order valence-electron chi connectivity index (χ0n) is 10.7. The van der Waals surface area contributed by atoms with Gasteiger partial charge in [0.25, 0.3) is 0 Å². The van der Waals surface area contributed by atoms with E-state index in [1.54, 1.807) is 0 Å². The van der Waals surface area contributed by atoms with E-state index in [0.717, 1.165) is 23.6 Å². The number of aromatic nitrogens is 1. The van der Waals surface area contributed by atoms with Crippen LogP contribution in [0, 0.1) is 12.8 Å². The number of rotatable bonds is 3. The monoisotopic (exact) mass is 234 g/mol. The Balaban J connectivity index is 1.88. The van der Waals surface area contributed by atoms with E-state index < -0.39 is 0 Å². The minimum Gasteiger partial charge on any atom is -0.396 e. The van der Waals surface area contributed by atoms with Crippen LogP contribution in [0.15, 0.2) is 12.3 Å². The van der Waals surface area contributed by atoms with Gasteiger partial charge in [-0.25, -0.2) is 4.98 Å². The van der Waals surface area contributed by atoms with Crippen molar-refractivity contribution in [3.63, 3.8) is 0 Å². The molecule has 0 bridgehead atoms. The van der Waals surface area contributed by atoms with Crippen LogP contribution in [0.2, 0.25) is 0 Å². The number of piperidine rings is 1. The Morgan fingerprint density at radius 2 is 2.41 bits per heavy atom. The second-order valence-electron chi connectivity index (χ2n) is 5.10. The number of likely N-dealkylation sites (tertiary alicyclic amines) is 1. The largest absolute Gasteiger partial charge is 0.396 e. The van der Waals surface area contributed by atoms with Crippen LogP contribution in [0.25, 0.3) is 0 Å². The van der Waals surface area contributed by atoms with E-state index >= 15 is 0 Å². The lowest BCUT2D eigenvalue weighted by molar-refractivity contribution is 0.217. The van der Waals surface area contributed by atoms with Crippen LogP contribution in [-0.2, 0) is 0 Å². The third-order valence-electron chi connectivity index (χ3n) is 3.33. The Hall–Kier alpha value is -1.29. The van der Waals surface area contributed by atoms with Gasteiger partial charge in [0.2, 0.25) is 0 Å². The molecule has 1 aliphatic heterocycles. The van der Waals surface area contributed by atoms with E-state index in [-0.39, 0.29) is 0 Å². The van der Waals surface area contributed by atoms with Gasteiger partial charge in [-0.05, 0) is 50.9 Å². The molecule has 2 rings (SSSR count). The van der Waals surface area contributed by atoms with Crippen LogP contribution in [0.3, 0.4) is 0 Å². The highest BCUT2D eigenvalue weighted by Gasteiger charge is 2.17. The molecule has 1 aliphatic rings. The van der Waals surface area contributed by atoms with Crippen LogP contribution < -0.4 is 11.1 Å². The summed E-state index contributed by atoms with van der Waals surface area (Å²) in [7, 11) is 2.19. The van der Waals surface area contributed by atoms with Crippen LogP contribution >= 0.6 is 0 Å². The van der Waals surface area contributed by atoms with Gasteiger partial charge in [0, 0.05) is 19.3 Å². The molecule has 0 aromatic carbocycles. The van der Waals surface area contributed by atoms with E-state index in [1.165, 1.54) is 25.9 Å². The smallest absolute Gasteiger partial charge is 0.149 e. The lowest BCUT2D eigenvalue weighted by Gasteiger charge is -2.29. The summed E-state index contributed by atoms with van der Waals surface area (Å²) >= 11 is 0. The fraction of sp³-hybridized carbons (Fsp3) is 0.615. The Morgan fingerprint density at radius 1 is 1.59 bits per heavy atom. The number of hydrogen-bond acceptors (Lipinski definition) is 4. The van der Waals surface area contributed by atoms with Gasteiger partial charge in [-0.1, -0.05) is 0 Å². The molecule has 0 radical (unpaired) electrons. The van der Waals surface area contributed by atoms with Crippen molar-refractivity contribution in [2.24, 2.45) is 5.92 Å². The molecule has 1 atom stereocenters. The average molecular weight is 234 g/mol. The molecule has 0 amide bonds. The highest BCUT2D eigenvalue weighted by atomic mass is 15.1. The summed E-state index contributed by atoms with van der Waals surface area (Å²) in [4.78, 5) is 6.72. The van der Waals surface area contributed by atoms with Crippen molar-refractivity contribution in [1.82, 2.24) is 9.88 Å². The third-order valence-corrected chi connectivity index (χ3v) is 3.33. The number of anilines is 2. The Kier molecular flexibility index (Phi) is 3.84. The zero-order chi connectivity index (χ0) is 12.3. The lowest BCUT2D eigenvalue weighted by Crippen LogP contribution is -2.35. The van der Waals surface area contributed by atoms with Crippen LogP contribution in [0.4, 0.5) is 11.5 Å². The van der Waals surface area contributed by atoms with Crippen LogP contribution in [0.5, 0.6) is 0 Å². The molecule has 3 N–H and O–H groups in total. The van der Waals surface area contributed by atoms with Crippen molar-refractivity contribution in [2.45, 2.75) is 19.8 Å². The molecular formula is C13H22N4. The van der Waals surface area contributed by atoms with Crippen molar-refractivity contribution in [1.29, 1.82) is 0 Å². The van der Waals surface area contributed by atoms with Gasteiger partial charge in [0.1, 0.15) is 5.82 Å². The molecule has 1 saturated heterocycles. The maximum Gasteiger partial charge on any atom is 0.149 e. The van der Waals surface area contributed by atoms with Gasteiger partial charge in [-0.2, -0.15) is 0 Å². The van der Waals surface area contributed by atoms with E-state index in [2.05, 4.69) is 22.2 Å². The SMILES string of the molecule is Cc1cnc(NCC2CCCN(C)C2)c(N)c1. The first kappa shape index (κ1) is 12.2. The molecule has 0 saturated carbocycles. The number of pyridine rings is 1. The highest BCUT2D eigenvalue weighted by molar-refractivity contribution is 5.61. The number of nitrogens with zero attached hydrogens (tertiary/aromatic N) is 2. The van der Waals surface area contributed by atoms with E-state index in [1.807, 2.05) is 19.2 Å². The normalized spacial score (nSPS) is 21.4. The second-order valence-corrected chi connectivity index (χ2v) is 5.10. The molecule has 94 valence electrons. The molecule has 4 nitrogen and oxygen atoms in total. The maximum absolute atomic E-state index is 5.93. The number of hydrogen-bond donors (Lipinski definition) is 2. The summed E-state index contributed by atoms with van der Waals surface area (Å²) in [6.45, 7) is 5.36. The van der Waals surface area contributed by atoms with Crippen LogP contribution in [-0.4, -0.2) is 36.6 Å². The second kappa shape index (κ2) is 5.36. The maximum atomic E-state index is 5.93. The van der Waals surface area contributed by atoms with Crippen molar-refractivity contribution in [3.05, 3.63) is 17.8 Å². The summed E-state index contributed by atoms with van der Waals surface area (Å²) in [6.07, 6.45) is 4.44. The minimum atomic E-state index is 0.705. The van der Waals surface area contributed by atoms with Crippen molar-refractivity contribution in [2.75, 3.05) is 37.7 Å². The number of nitrogen functional groups attached to an aromatic ring is 1. The predicted molar refractivity (Wildman–Crippen MR) is 72.1 cm³/mol. The molecule has 1 fully saturated rings. The summed E-state index contributed by atoms with van der Waals surface area (Å²) in [5.74, 6) is 1.53. The molecule has 1 aromatic rings. The van der Waals surface area contributed by atoms with Gasteiger partial charge in [0.05, 0.1) is 5.69 Å². The summed E-state index contributed by atoms with van der Waals surface area (Å²) in [5.41, 5.74) is 7.78. The minimum absolute atomic E-state index is 0.705. The molecular weight excluding hydrogens is 212 g/mol. The van der Waals surface area contributed by atoms with Gasteiger partial charge in [0.15, 0.2) is 0 Å². The van der Waals surface area contributed by atoms with Gasteiger partial charge < -0.3 is 16.0 Å². The first-order valence-electron chi connectivity index (χ1n) is 6.29. The number of aryl methyl sites for hydroxylation is 1. The van der Waals surface area contributed by atoms with Crippen LogP contribution in [0.1, 0.15) is 18.4 Å². The first-order valence-corrected chi connectivity index (χ1v) is 6.29. The van der Waals surface area contributed by atoms with Crippen molar-refractivity contribution in [3.8, 4) is 0 Å². The standard InChI is InChI=1S/C13H22N4/c1-10-6-12(14)13(15-7-10)16-8-11-4-3-5-17(2)9-11/h6-7,11H,3-5,8-9,14H2,1-2H3,(H,15,16). The number of nitrogens with two attached hydrogens (primary N) is 1. The average Bonchev–Trinajstić information content (AvgIpc) is 2.28. The Bertz CT molecular complexity index is 378. The number of nitrogens with one attached hydrogen (secondary N) is 1. The van der Waals surface area contributed by atoms with Gasteiger partial charge >= 0.3 is 0 Å². The highest BCUT2D eigenvalue weighted by Crippen LogP contribution is 2.19. The van der Waals surface area contributed by atoms with Crippen molar-refractivity contribution < 1.29 is 0 Å². The fourth-order valence-electron chi connectivity index (χ4n) is 2.42. The Labute approximate surface area is 103 Å². The fourth-order valence-corrected chi connectivity index (χ4v) is 2.42. The quantitative estimate of drug-likeness (QED) is 0.836. The summed E-state index contributed by atoms with van der Waals surface area (Å²) in [5, 5.41) is 3.37. The van der Waals surface area contributed by atoms with E-state index in [9.17, 15) is 0 Å². The third kappa shape index (κ3) is 3.33. The topological polar surface area (TPSA) is 54.2 Å². The molecule has 1 unspecified atom stereocenters. The lowest BCUT2D eigenvalue weighted by atomic mass is 9.98.